The fourth-order valence-corrected chi connectivity index (χ4v) is 1.76. The van der Waals surface area contributed by atoms with Gasteiger partial charge in [-0.2, -0.15) is 0 Å². The molecular formula is C9H13N3O3S. The first-order chi connectivity index (χ1) is 7.44. The van der Waals surface area contributed by atoms with Crippen LogP contribution in [-0.4, -0.2) is 25.8 Å². The van der Waals surface area contributed by atoms with Crippen molar-refractivity contribution >= 4 is 21.5 Å². The van der Waals surface area contributed by atoms with Crippen molar-refractivity contribution in [1.82, 2.24) is 4.98 Å². The number of rotatable bonds is 4. The van der Waals surface area contributed by atoms with Gasteiger partial charge in [0.1, 0.15) is 5.82 Å². The van der Waals surface area contributed by atoms with E-state index in [-0.39, 0.29) is 11.9 Å². The summed E-state index contributed by atoms with van der Waals surface area (Å²) in [4.78, 5) is 3.87. The molecule has 0 aromatic carbocycles. The maximum atomic E-state index is 11.1. The third kappa shape index (κ3) is 2.99. The second-order valence-electron chi connectivity index (χ2n) is 3.80. The molecule has 1 aromatic rings. The molecule has 0 atom stereocenters. The lowest BCUT2D eigenvalue weighted by atomic mass is 10.4. The van der Waals surface area contributed by atoms with Gasteiger partial charge in [-0.3, -0.25) is 4.72 Å². The van der Waals surface area contributed by atoms with E-state index < -0.39 is 10.0 Å². The van der Waals surface area contributed by atoms with Crippen molar-refractivity contribution in [2.45, 2.75) is 18.9 Å². The van der Waals surface area contributed by atoms with Gasteiger partial charge in [-0.05, 0) is 12.8 Å². The minimum Gasteiger partial charge on any atom is -0.487 e. The van der Waals surface area contributed by atoms with E-state index in [1.807, 2.05) is 0 Å². The average Bonchev–Trinajstić information content (AvgIpc) is 2.91. The van der Waals surface area contributed by atoms with Gasteiger partial charge in [0.25, 0.3) is 0 Å². The lowest BCUT2D eigenvalue weighted by Gasteiger charge is -2.11. The van der Waals surface area contributed by atoms with Crippen LogP contribution in [0.1, 0.15) is 12.8 Å². The Balaban J connectivity index is 2.27. The topological polar surface area (TPSA) is 94.3 Å². The molecule has 1 aliphatic rings. The summed E-state index contributed by atoms with van der Waals surface area (Å²) >= 11 is 0. The number of hydrogen-bond acceptors (Lipinski definition) is 5. The number of sulfonamides is 1. The van der Waals surface area contributed by atoms with Crippen LogP contribution in [0, 0.1) is 0 Å². The molecule has 7 heteroatoms. The van der Waals surface area contributed by atoms with Crippen LogP contribution in [0.5, 0.6) is 5.75 Å². The first kappa shape index (κ1) is 11.0. The van der Waals surface area contributed by atoms with Crippen LogP contribution < -0.4 is 15.2 Å². The molecule has 1 aliphatic carbocycles. The fraction of sp³-hybridized carbons (Fsp3) is 0.444. The van der Waals surface area contributed by atoms with Crippen molar-refractivity contribution in [2.24, 2.45) is 0 Å². The molecule has 1 saturated carbocycles. The molecule has 88 valence electrons. The summed E-state index contributed by atoms with van der Waals surface area (Å²) in [6.07, 6.45) is 4.65. The highest BCUT2D eigenvalue weighted by Gasteiger charge is 2.25. The van der Waals surface area contributed by atoms with Crippen LogP contribution in [-0.2, 0) is 10.0 Å². The molecule has 0 saturated heterocycles. The first-order valence-electron chi connectivity index (χ1n) is 4.84. The number of nitrogens with one attached hydrogen (secondary N) is 1. The third-order valence-corrected chi connectivity index (χ3v) is 2.59. The van der Waals surface area contributed by atoms with E-state index in [4.69, 9.17) is 10.5 Å². The highest BCUT2D eigenvalue weighted by Crippen LogP contribution is 2.32. The van der Waals surface area contributed by atoms with Gasteiger partial charge in [-0.15, -0.1) is 0 Å². The van der Waals surface area contributed by atoms with Crippen molar-refractivity contribution in [1.29, 1.82) is 0 Å². The molecule has 1 fully saturated rings. The average molecular weight is 243 g/mol. The molecule has 3 N–H and O–H groups in total. The summed E-state index contributed by atoms with van der Waals surface area (Å²) in [5.41, 5.74) is 5.83. The summed E-state index contributed by atoms with van der Waals surface area (Å²) in [7, 11) is -3.35. The van der Waals surface area contributed by atoms with Gasteiger partial charge in [0.05, 0.1) is 24.2 Å². The summed E-state index contributed by atoms with van der Waals surface area (Å²) in [5, 5.41) is 0. The first-order valence-corrected chi connectivity index (χ1v) is 6.73. The quantitative estimate of drug-likeness (QED) is 0.806. The zero-order valence-corrected chi connectivity index (χ0v) is 9.62. The lowest BCUT2D eigenvalue weighted by molar-refractivity contribution is 0.304. The molecule has 0 spiro atoms. The molecule has 0 unspecified atom stereocenters. The molecule has 1 heterocycles. The Labute approximate surface area is 93.9 Å². The molecule has 1 aromatic heterocycles. The van der Waals surface area contributed by atoms with Crippen LogP contribution in [0.3, 0.4) is 0 Å². The Hall–Kier alpha value is -1.50. The van der Waals surface area contributed by atoms with E-state index in [2.05, 4.69) is 9.71 Å². The number of pyridine rings is 1. The van der Waals surface area contributed by atoms with E-state index in [0.717, 1.165) is 19.1 Å². The van der Waals surface area contributed by atoms with Crippen LogP contribution >= 0.6 is 0 Å². The fourth-order valence-electron chi connectivity index (χ4n) is 1.20. The molecule has 0 bridgehead atoms. The van der Waals surface area contributed by atoms with E-state index in [0.29, 0.717) is 11.4 Å². The standard InChI is InChI=1S/C9H13N3O3S/c1-16(13,14)12-7-4-9(10)11-5-8(7)15-6-2-3-6/h4-6H,2-3H2,1H3,(H3,10,11,12). The molecular weight excluding hydrogens is 230 g/mol. The van der Waals surface area contributed by atoms with E-state index >= 15 is 0 Å². The Morgan fingerprint density at radius 3 is 2.81 bits per heavy atom. The van der Waals surface area contributed by atoms with Crippen LogP contribution in [0.2, 0.25) is 0 Å². The maximum absolute atomic E-state index is 11.1. The van der Waals surface area contributed by atoms with Gasteiger partial charge in [0.2, 0.25) is 10.0 Å². The SMILES string of the molecule is CS(=O)(=O)Nc1cc(N)ncc1OC1CC1. The highest BCUT2D eigenvalue weighted by molar-refractivity contribution is 7.92. The van der Waals surface area contributed by atoms with Gasteiger partial charge >= 0.3 is 0 Å². The van der Waals surface area contributed by atoms with Gasteiger partial charge in [0, 0.05) is 6.07 Å². The van der Waals surface area contributed by atoms with Crippen LogP contribution in [0.25, 0.3) is 0 Å². The van der Waals surface area contributed by atoms with Gasteiger partial charge in [0.15, 0.2) is 5.75 Å². The summed E-state index contributed by atoms with van der Waals surface area (Å²) < 4.78 is 30.1. The second-order valence-corrected chi connectivity index (χ2v) is 5.55. The summed E-state index contributed by atoms with van der Waals surface area (Å²) in [6.45, 7) is 0. The van der Waals surface area contributed by atoms with Crippen LogP contribution in [0.4, 0.5) is 11.5 Å². The zero-order valence-electron chi connectivity index (χ0n) is 8.80. The van der Waals surface area contributed by atoms with Crippen LogP contribution in [0.15, 0.2) is 12.3 Å². The summed E-state index contributed by atoms with van der Waals surface area (Å²) in [6, 6.07) is 1.44. The van der Waals surface area contributed by atoms with E-state index in [1.54, 1.807) is 0 Å². The van der Waals surface area contributed by atoms with Gasteiger partial charge < -0.3 is 10.5 Å². The number of hydrogen-bond donors (Lipinski definition) is 2. The number of nitrogen functional groups attached to an aromatic ring is 1. The van der Waals surface area contributed by atoms with Crippen molar-refractivity contribution < 1.29 is 13.2 Å². The maximum Gasteiger partial charge on any atom is 0.229 e. The number of aromatic nitrogens is 1. The van der Waals surface area contributed by atoms with Crippen molar-refractivity contribution in [2.75, 3.05) is 16.7 Å². The van der Waals surface area contributed by atoms with E-state index in [1.165, 1.54) is 12.3 Å². The zero-order chi connectivity index (χ0) is 11.8. The Kier molecular flexibility index (Phi) is 2.63. The smallest absolute Gasteiger partial charge is 0.229 e. The lowest BCUT2D eigenvalue weighted by Crippen LogP contribution is -2.12. The Morgan fingerprint density at radius 1 is 1.56 bits per heavy atom. The molecule has 0 radical (unpaired) electrons. The summed E-state index contributed by atoms with van der Waals surface area (Å²) in [5.74, 6) is 0.663. The van der Waals surface area contributed by atoms with Gasteiger partial charge in [-0.1, -0.05) is 0 Å². The number of ether oxygens (including phenoxy) is 1. The predicted molar refractivity (Wildman–Crippen MR) is 60.8 cm³/mol. The van der Waals surface area contributed by atoms with Crippen molar-refractivity contribution in [3.63, 3.8) is 0 Å². The number of nitrogens with zero attached hydrogens (tertiary/aromatic N) is 1. The predicted octanol–water partition coefficient (Wildman–Crippen LogP) is 0.576. The monoisotopic (exact) mass is 243 g/mol. The van der Waals surface area contributed by atoms with Crippen molar-refractivity contribution in [3.8, 4) is 5.75 Å². The molecule has 0 amide bonds. The minimum atomic E-state index is -3.35. The molecule has 2 rings (SSSR count). The minimum absolute atomic E-state index is 0.172. The largest absolute Gasteiger partial charge is 0.487 e. The second kappa shape index (κ2) is 3.82. The third-order valence-electron chi connectivity index (χ3n) is 2.00. The van der Waals surface area contributed by atoms with Gasteiger partial charge in [-0.25, -0.2) is 13.4 Å². The molecule has 16 heavy (non-hydrogen) atoms. The Bertz CT molecular complexity index is 497. The van der Waals surface area contributed by atoms with Crippen molar-refractivity contribution in [3.05, 3.63) is 12.3 Å². The molecule has 0 aliphatic heterocycles. The highest BCUT2D eigenvalue weighted by atomic mass is 32.2. The normalized spacial score (nSPS) is 15.8. The number of anilines is 2. The Morgan fingerprint density at radius 2 is 2.25 bits per heavy atom. The number of nitrogens with two attached hydrogens (primary N) is 1. The van der Waals surface area contributed by atoms with E-state index in [9.17, 15) is 8.42 Å². The molecule has 6 nitrogen and oxygen atoms in total.